The topological polar surface area (TPSA) is 47.8 Å². The Kier molecular flexibility index (Phi) is 2.30. The fraction of sp³-hybridized carbons (Fsp3) is 0.750. The molecule has 0 spiro atoms. The SMILES string of the molecule is CCCn1nncc1C(=O)C1C2CCCC21. The van der Waals surface area contributed by atoms with Gasteiger partial charge in [0.25, 0.3) is 0 Å². The van der Waals surface area contributed by atoms with Crippen LogP contribution in [0.25, 0.3) is 0 Å². The maximum atomic E-state index is 12.3. The molecule has 0 radical (unpaired) electrons. The third-order valence-corrected chi connectivity index (χ3v) is 4.01. The molecule has 86 valence electrons. The summed E-state index contributed by atoms with van der Waals surface area (Å²) in [5.41, 5.74) is 0.723. The molecule has 0 saturated heterocycles. The van der Waals surface area contributed by atoms with Crippen LogP contribution in [0, 0.1) is 17.8 Å². The zero-order valence-electron chi connectivity index (χ0n) is 9.59. The van der Waals surface area contributed by atoms with E-state index in [-0.39, 0.29) is 5.78 Å². The van der Waals surface area contributed by atoms with Crippen LogP contribution in [-0.2, 0) is 6.54 Å². The van der Waals surface area contributed by atoms with Gasteiger partial charge in [-0.05, 0) is 31.1 Å². The summed E-state index contributed by atoms with van der Waals surface area (Å²) in [5.74, 6) is 1.94. The molecule has 3 rings (SSSR count). The van der Waals surface area contributed by atoms with E-state index in [1.165, 1.54) is 19.3 Å². The van der Waals surface area contributed by atoms with Gasteiger partial charge in [0, 0.05) is 12.5 Å². The molecule has 0 bridgehead atoms. The molecule has 2 saturated carbocycles. The monoisotopic (exact) mass is 219 g/mol. The Morgan fingerprint density at radius 2 is 2.25 bits per heavy atom. The highest BCUT2D eigenvalue weighted by Gasteiger charge is 2.56. The molecule has 4 heteroatoms. The van der Waals surface area contributed by atoms with Crippen LogP contribution < -0.4 is 0 Å². The second-order valence-electron chi connectivity index (χ2n) is 4.99. The fourth-order valence-electron chi connectivity index (χ4n) is 3.21. The predicted molar refractivity (Wildman–Crippen MR) is 59.0 cm³/mol. The zero-order chi connectivity index (χ0) is 11.1. The number of ketones is 1. The summed E-state index contributed by atoms with van der Waals surface area (Å²) in [4.78, 5) is 12.3. The summed E-state index contributed by atoms with van der Waals surface area (Å²) in [5, 5.41) is 7.83. The fourth-order valence-corrected chi connectivity index (χ4v) is 3.21. The zero-order valence-corrected chi connectivity index (χ0v) is 9.59. The lowest BCUT2D eigenvalue weighted by Crippen LogP contribution is -2.14. The molecule has 2 aliphatic rings. The average molecular weight is 219 g/mol. The van der Waals surface area contributed by atoms with E-state index in [4.69, 9.17) is 0 Å². The van der Waals surface area contributed by atoms with E-state index in [0.29, 0.717) is 17.8 Å². The molecule has 0 aliphatic heterocycles. The Hall–Kier alpha value is -1.19. The van der Waals surface area contributed by atoms with Gasteiger partial charge in [0.15, 0.2) is 5.78 Å². The van der Waals surface area contributed by atoms with Crippen LogP contribution in [0.3, 0.4) is 0 Å². The van der Waals surface area contributed by atoms with Crippen molar-refractivity contribution < 1.29 is 4.79 Å². The second-order valence-corrected chi connectivity index (χ2v) is 4.99. The molecule has 2 unspecified atom stereocenters. The Bertz CT molecular complexity index is 402. The lowest BCUT2D eigenvalue weighted by atomic mass is 10.1. The molecule has 1 aromatic heterocycles. The third-order valence-electron chi connectivity index (χ3n) is 4.01. The highest BCUT2D eigenvalue weighted by molar-refractivity contribution is 5.98. The van der Waals surface area contributed by atoms with Crippen molar-refractivity contribution in [3.63, 3.8) is 0 Å². The van der Waals surface area contributed by atoms with Gasteiger partial charge in [-0.3, -0.25) is 4.79 Å². The maximum absolute atomic E-state index is 12.3. The van der Waals surface area contributed by atoms with Crippen LogP contribution in [-0.4, -0.2) is 20.8 Å². The maximum Gasteiger partial charge on any atom is 0.186 e. The standard InChI is InChI=1S/C12H17N3O/c1-2-6-15-10(7-13-14-15)12(16)11-8-4-3-5-9(8)11/h7-9,11H,2-6H2,1H3. The van der Waals surface area contributed by atoms with Gasteiger partial charge in [0.05, 0.1) is 6.20 Å². The number of nitrogens with zero attached hydrogens (tertiary/aromatic N) is 3. The molecule has 2 aliphatic carbocycles. The molecule has 2 atom stereocenters. The predicted octanol–water partition coefficient (Wildman–Crippen LogP) is 1.92. The van der Waals surface area contributed by atoms with Crippen molar-refractivity contribution >= 4 is 5.78 Å². The molecule has 0 aromatic carbocycles. The van der Waals surface area contributed by atoms with Crippen LogP contribution in [0.15, 0.2) is 6.20 Å². The third kappa shape index (κ3) is 1.39. The Morgan fingerprint density at radius 3 is 2.94 bits per heavy atom. The molecular formula is C12H17N3O. The van der Waals surface area contributed by atoms with Crippen LogP contribution in [0.2, 0.25) is 0 Å². The lowest BCUT2D eigenvalue weighted by molar-refractivity contribution is 0.0940. The number of hydrogen-bond acceptors (Lipinski definition) is 3. The largest absolute Gasteiger partial charge is 0.292 e. The minimum atomic E-state index is 0.285. The van der Waals surface area contributed by atoms with Crippen molar-refractivity contribution in [2.75, 3.05) is 0 Å². The van der Waals surface area contributed by atoms with Crippen molar-refractivity contribution in [2.45, 2.75) is 39.2 Å². The van der Waals surface area contributed by atoms with Crippen molar-refractivity contribution in [2.24, 2.45) is 17.8 Å². The number of rotatable bonds is 4. The first kappa shape index (κ1) is 10.00. The van der Waals surface area contributed by atoms with Gasteiger partial charge in [0.1, 0.15) is 5.69 Å². The van der Waals surface area contributed by atoms with E-state index in [0.717, 1.165) is 18.7 Å². The number of carbonyl (C=O) groups is 1. The van der Waals surface area contributed by atoms with Crippen LogP contribution in [0.1, 0.15) is 43.1 Å². The van der Waals surface area contributed by atoms with Gasteiger partial charge >= 0.3 is 0 Å². The van der Waals surface area contributed by atoms with E-state index < -0.39 is 0 Å². The van der Waals surface area contributed by atoms with Gasteiger partial charge in [-0.25, -0.2) is 4.68 Å². The van der Waals surface area contributed by atoms with E-state index in [1.807, 2.05) is 0 Å². The van der Waals surface area contributed by atoms with Gasteiger partial charge < -0.3 is 0 Å². The molecular weight excluding hydrogens is 202 g/mol. The molecule has 0 amide bonds. The molecule has 0 N–H and O–H groups in total. The number of aryl methyl sites for hydroxylation is 1. The Balaban J connectivity index is 1.77. The van der Waals surface area contributed by atoms with Crippen LogP contribution in [0.4, 0.5) is 0 Å². The minimum absolute atomic E-state index is 0.285. The van der Waals surface area contributed by atoms with E-state index in [1.54, 1.807) is 10.9 Å². The Morgan fingerprint density at radius 1 is 1.50 bits per heavy atom. The van der Waals surface area contributed by atoms with Gasteiger partial charge in [-0.1, -0.05) is 18.6 Å². The van der Waals surface area contributed by atoms with Gasteiger partial charge in [0.2, 0.25) is 0 Å². The first-order valence-corrected chi connectivity index (χ1v) is 6.25. The molecule has 1 aromatic rings. The molecule has 16 heavy (non-hydrogen) atoms. The van der Waals surface area contributed by atoms with Crippen LogP contribution in [0.5, 0.6) is 0 Å². The number of carbonyl (C=O) groups excluding carboxylic acids is 1. The van der Waals surface area contributed by atoms with E-state index in [2.05, 4.69) is 17.2 Å². The van der Waals surface area contributed by atoms with Crippen LogP contribution >= 0.6 is 0 Å². The number of Topliss-reactive ketones (excluding diaryl/α,β-unsaturated/α-hetero) is 1. The molecule has 4 nitrogen and oxygen atoms in total. The van der Waals surface area contributed by atoms with Crippen molar-refractivity contribution in [3.05, 3.63) is 11.9 Å². The lowest BCUT2D eigenvalue weighted by Gasteiger charge is -2.04. The summed E-state index contributed by atoms with van der Waals surface area (Å²) in [6, 6.07) is 0. The highest BCUT2D eigenvalue weighted by atomic mass is 16.1. The first-order chi connectivity index (χ1) is 7.83. The highest BCUT2D eigenvalue weighted by Crippen LogP contribution is 2.58. The van der Waals surface area contributed by atoms with Gasteiger partial charge in [-0.15, -0.1) is 5.10 Å². The van der Waals surface area contributed by atoms with Gasteiger partial charge in [-0.2, -0.15) is 0 Å². The quantitative estimate of drug-likeness (QED) is 0.727. The van der Waals surface area contributed by atoms with E-state index >= 15 is 0 Å². The van der Waals surface area contributed by atoms with Crippen molar-refractivity contribution in [1.29, 1.82) is 0 Å². The number of aromatic nitrogens is 3. The summed E-state index contributed by atoms with van der Waals surface area (Å²) < 4.78 is 1.76. The van der Waals surface area contributed by atoms with Crippen molar-refractivity contribution in [3.8, 4) is 0 Å². The normalized spacial score (nSPS) is 31.4. The van der Waals surface area contributed by atoms with E-state index in [9.17, 15) is 4.79 Å². The summed E-state index contributed by atoms with van der Waals surface area (Å²) in [7, 11) is 0. The molecule has 2 fully saturated rings. The Labute approximate surface area is 95.0 Å². The summed E-state index contributed by atoms with van der Waals surface area (Å²) in [6.45, 7) is 2.88. The first-order valence-electron chi connectivity index (χ1n) is 6.25. The number of hydrogen-bond donors (Lipinski definition) is 0. The minimum Gasteiger partial charge on any atom is -0.292 e. The number of fused-ring (bicyclic) bond motifs is 1. The smallest absolute Gasteiger partial charge is 0.186 e. The second kappa shape index (κ2) is 3.68. The summed E-state index contributed by atoms with van der Waals surface area (Å²) in [6.07, 6.45) is 6.42. The summed E-state index contributed by atoms with van der Waals surface area (Å²) >= 11 is 0. The molecule has 1 heterocycles. The van der Waals surface area contributed by atoms with Crippen molar-refractivity contribution in [1.82, 2.24) is 15.0 Å². The average Bonchev–Trinajstić information content (AvgIpc) is 2.73.